The Kier molecular flexibility index (Phi) is 3.09. The van der Waals surface area contributed by atoms with Gasteiger partial charge in [0.1, 0.15) is 5.69 Å². The van der Waals surface area contributed by atoms with Gasteiger partial charge in [-0.15, -0.1) is 0 Å². The Morgan fingerprint density at radius 1 is 1.80 bits per heavy atom. The highest BCUT2D eigenvalue weighted by Gasteiger charge is 2.34. The second-order valence-electron chi connectivity index (χ2n) is 3.96. The SMILES string of the molecule is CC1CCN(C(=O)c2ccn[nH]2)C1CBr. The Hall–Kier alpha value is -0.840. The fourth-order valence-electron chi connectivity index (χ4n) is 2.03. The molecule has 1 aliphatic rings. The number of nitrogens with zero attached hydrogens (tertiary/aromatic N) is 2. The minimum Gasteiger partial charge on any atom is -0.333 e. The first-order valence-electron chi connectivity index (χ1n) is 5.10. The molecule has 1 aliphatic heterocycles. The highest BCUT2D eigenvalue weighted by atomic mass is 79.9. The zero-order valence-corrected chi connectivity index (χ0v) is 10.2. The van der Waals surface area contributed by atoms with E-state index in [9.17, 15) is 4.79 Å². The fourth-order valence-corrected chi connectivity index (χ4v) is 3.01. The highest BCUT2D eigenvalue weighted by molar-refractivity contribution is 9.09. The van der Waals surface area contributed by atoms with E-state index in [1.165, 1.54) is 0 Å². The predicted molar refractivity (Wildman–Crippen MR) is 61.0 cm³/mol. The van der Waals surface area contributed by atoms with Gasteiger partial charge in [0.15, 0.2) is 0 Å². The average molecular weight is 272 g/mol. The summed E-state index contributed by atoms with van der Waals surface area (Å²) in [4.78, 5) is 14.0. The molecule has 0 radical (unpaired) electrons. The zero-order valence-electron chi connectivity index (χ0n) is 8.61. The van der Waals surface area contributed by atoms with E-state index >= 15 is 0 Å². The number of hydrogen-bond acceptors (Lipinski definition) is 2. The van der Waals surface area contributed by atoms with Gasteiger partial charge in [0.25, 0.3) is 5.91 Å². The van der Waals surface area contributed by atoms with Gasteiger partial charge in [-0.25, -0.2) is 0 Å². The number of hydrogen-bond donors (Lipinski definition) is 1. The van der Waals surface area contributed by atoms with Crippen LogP contribution in [0.2, 0.25) is 0 Å². The smallest absolute Gasteiger partial charge is 0.272 e. The van der Waals surface area contributed by atoms with E-state index in [4.69, 9.17) is 0 Å². The topological polar surface area (TPSA) is 49.0 Å². The van der Waals surface area contributed by atoms with Gasteiger partial charge < -0.3 is 4.90 Å². The molecule has 0 aromatic carbocycles. The Bertz CT molecular complexity index is 338. The lowest BCUT2D eigenvalue weighted by Gasteiger charge is -2.24. The number of carbonyl (C=O) groups excluding carboxylic acids is 1. The van der Waals surface area contributed by atoms with E-state index in [0.717, 1.165) is 18.3 Å². The van der Waals surface area contributed by atoms with E-state index in [1.807, 2.05) is 4.90 Å². The van der Waals surface area contributed by atoms with Gasteiger partial charge >= 0.3 is 0 Å². The lowest BCUT2D eigenvalue weighted by atomic mass is 10.1. The zero-order chi connectivity index (χ0) is 10.8. The predicted octanol–water partition coefficient (Wildman–Crippen LogP) is 1.66. The molecule has 4 nitrogen and oxygen atoms in total. The number of aromatic nitrogens is 2. The summed E-state index contributed by atoms with van der Waals surface area (Å²) < 4.78 is 0. The third-order valence-electron chi connectivity index (χ3n) is 3.03. The van der Waals surface area contributed by atoms with Crippen LogP contribution in [-0.4, -0.2) is 38.9 Å². The van der Waals surface area contributed by atoms with Crippen LogP contribution in [0.3, 0.4) is 0 Å². The van der Waals surface area contributed by atoms with Crippen LogP contribution in [0.4, 0.5) is 0 Å². The van der Waals surface area contributed by atoms with Crippen molar-refractivity contribution in [2.75, 3.05) is 11.9 Å². The molecule has 0 aliphatic carbocycles. The Morgan fingerprint density at radius 3 is 3.20 bits per heavy atom. The van der Waals surface area contributed by atoms with Crippen molar-refractivity contribution < 1.29 is 4.79 Å². The molecule has 2 rings (SSSR count). The molecule has 1 fully saturated rings. The van der Waals surface area contributed by atoms with Crippen molar-refractivity contribution in [3.05, 3.63) is 18.0 Å². The number of amides is 1. The molecule has 1 aromatic rings. The van der Waals surface area contributed by atoms with Crippen molar-refractivity contribution in [1.29, 1.82) is 0 Å². The van der Waals surface area contributed by atoms with Gasteiger partial charge in [-0.2, -0.15) is 5.10 Å². The number of likely N-dealkylation sites (tertiary alicyclic amines) is 1. The molecule has 5 heteroatoms. The Balaban J connectivity index is 2.14. The number of H-pyrrole nitrogens is 1. The first-order chi connectivity index (χ1) is 7.24. The number of aromatic amines is 1. The maximum Gasteiger partial charge on any atom is 0.272 e. The summed E-state index contributed by atoms with van der Waals surface area (Å²) in [6.07, 6.45) is 2.69. The van der Waals surface area contributed by atoms with E-state index in [-0.39, 0.29) is 5.91 Å². The molecule has 15 heavy (non-hydrogen) atoms. The van der Waals surface area contributed by atoms with Crippen LogP contribution in [0, 0.1) is 5.92 Å². The summed E-state index contributed by atoms with van der Waals surface area (Å²) >= 11 is 3.47. The quantitative estimate of drug-likeness (QED) is 0.832. The molecule has 2 atom stereocenters. The van der Waals surface area contributed by atoms with Crippen LogP contribution in [0.5, 0.6) is 0 Å². The van der Waals surface area contributed by atoms with Crippen molar-refractivity contribution in [2.24, 2.45) is 5.92 Å². The van der Waals surface area contributed by atoms with Crippen LogP contribution >= 0.6 is 15.9 Å². The van der Waals surface area contributed by atoms with Crippen molar-refractivity contribution in [3.8, 4) is 0 Å². The molecule has 1 saturated heterocycles. The summed E-state index contributed by atoms with van der Waals surface area (Å²) in [6.45, 7) is 3.03. The van der Waals surface area contributed by atoms with Crippen LogP contribution in [0.15, 0.2) is 12.3 Å². The lowest BCUT2D eigenvalue weighted by molar-refractivity contribution is 0.0732. The van der Waals surface area contributed by atoms with Gasteiger partial charge in [-0.05, 0) is 18.4 Å². The Labute approximate surface area is 97.2 Å². The number of alkyl halides is 1. The number of carbonyl (C=O) groups is 1. The standard InChI is InChI=1S/C10H14BrN3O/c1-7-3-5-14(9(7)6-11)10(15)8-2-4-12-13-8/h2,4,7,9H,3,5-6H2,1H3,(H,12,13). The van der Waals surface area contributed by atoms with Crippen molar-refractivity contribution in [2.45, 2.75) is 19.4 Å². The summed E-state index contributed by atoms with van der Waals surface area (Å²) in [5.74, 6) is 0.623. The summed E-state index contributed by atoms with van der Waals surface area (Å²) in [5.41, 5.74) is 0.579. The molecule has 1 aromatic heterocycles. The molecule has 0 saturated carbocycles. The van der Waals surface area contributed by atoms with Gasteiger partial charge in [0.2, 0.25) is 0 Å². The Morgan fingerprint density at radius 2 is 2.60 bits per heavy atom. The van der Waals surface area contributed by atoms with Crippen molar-refractivity contribution in [1.82, 2.24) is 15.1 Å². The molecule has 82 valence electrons. The van der Waals surface area contributed by atoms with Crippen LogP contribution in [0.25, 0.3) is 0 Å². The first kappa shape index (κ1) is 10.7. The molecule has 0 bridgehead atoms. The number of halogens is 1. The fraction of sp³-hybridized carbons (Fsp3) is 0.600. The van der Waals surface area contributed by atoms with Gasteiger partial charge in [0.05, 0.1) is 0 Å². The molecular formula is C10H14BrN3O. The van der Waals surface area contributed by atoms with Crippen LogP contribution in [0.1, 0.15) is 23.8 Å². The largest absolute Gasteiger partial charge is 0.333 e. The van der Waals surface area contributed by atoms with E-state index < -0.39 is 0 Å². The van der Waals surface area contributed by atoms with Gasteiger partial charge in [-0.1, -0.05) is 22.9 Å². The highest BCUT2D eigenvalue weighted by Crippen LogP contribution is 2.26. The summed E-state index contributed by atoms with van der Waals surface area (Å²) in [5, 5.41) is 7.36. The lowest BCUT2D eigenvalue weighted by Crippen LogP contribution is -2.38. The minimum absolute atomic E-state index is 0.0568. The molecule has 1 amide bonds. The number of rotatable bonds is 2. The maximum atomic E-state index is 12.1. The molecule has 2 heterocycles. The summed E-state index contributed by atoms with van der Waals surface area (Å²) in [7, 11) is 0. The second kappa shape index (κ2) is 4.35. The molecule has 0 spiro atoms. The number of nitrogens with one attached hydrogen (secondary N) is 1. The van der Waals surface area contributed by atoms with Crippen molar-refractivity contribution in [3.63, 3.8) is 0 Å². The van der Waals surface area contributed by atoms with Gasteiger partial charge in [0, 0.05) is 24.1 Å². The summed E-state index contributed by atoms with van der Waals surface area (Å²) in [6, 6.07) is 2.03. The molecule has 1 N–H and O–H groups in total. The van der Waals surface area contributed by atoms with Crippen LogP contribution in [-0.2, 0) is 0 Å². The maximum absolute atomic E-state index is 12.1. The minimum atomic E-state index is 0.0568. The van der Waals surface area contributed by atoms with E-state index in [2.05, 4.69) is 33.1 Å². The molecular weight excluding hydrogens is 258 g/mol. The third kappa shape index (κ3) is 1.93. The van der Waals surface area contributed by atoms with Crippen LogP contribution < -0.4 is 0 Å². The van der Waals surface area contributed by atoms with Crippen molar-refractivity contribution >= 4 is 21.8 Å². The monoisotopic (exact) mass is 271 g/mol. The normalized spacial score (nSPS) is 25.9. The third-order valence-corrected chi connectivity index (χ3v) is 3.70. The second-order valence-corrected chi connectivity index (χ2v) is 4.60. The first-order valence-corrected chi connectivity index (χ1v) is 6.22. The van der Waals surface area contributed by atoms with E-state index in [1.54, 1.807) is 12.3 Å². The molecule has 2 unspecified atom stereocenters. The van der Waals surface area contributed by atoms with Gasteiger partial charge in [-0.3, -0.25) is 9.89 Å². The van der Waals surface area contributed by atoms with E-state index in [0.29, 0.717) is 17.7 Å². The average Bonchev–Trinajstić information content (AvgIpc) is 2.85.